The van der Waals surface area contributed by atoms with Crippen LogP contribution in [0.4, 0.5) is 5.69 Å². The first-order valence-electron chi connectivity index (χ1n) is 7.86. The van der Waals surface area contributed by atoms with Crippen LogP contribution in [0.3, 0.4) is 0 Å². The molecule has 0 unspecified atom stereocenters. The highest BCUT2D eigenvalue weighted by Gasteiger charge is 2.48. The van der Waals surface area contributed by atoms with Gasteiger partial charge in [0.25, 0.3) is 0 Å². The van der Waals surface area contributed by atoms with Gasteiger partial charge in [0, 0.05) is 17.8 Å². The van der Waals surface area contributed by atoms with Gasteiger partial charge in [-0.25, -0.2) is 0 Å². The van der Waals surface area contributed by atoms with Gasteiger partial charge < -0.3 is 4.90 Å². The van der Waals surface area contributed by atoms with E-state index < -0.39 is 0 Å². The number of anilines is 1. The molecule has 1 saturated carbocycles. The number of para-hydroxylation sites is 1. The molecule has 3 rings (SSSR count). The summed E-state index contributed by atoms with van der Waals surface area (Å²) >= 11 is 0. The Hall–Kier alpha value is -0.980. The monoisotopic (exact) mass is 257 g/mol. The topological polar surface area (TPSA) is 3.24 Å². The quantitative estimate of drug-likeness (QED) is 0.689. The van der Waals surface area contributed by atoms with Gasteiger partial charge in [0.1, 0.15) is 0 Å². The van der Waals surface area contributed by atoms with Crippen molar-refractivity contribution in [3.63, 3.8) is 0 Å². The molecule has 0 N–H and O–H groups in total. The van der Waals surface area contributed by atoms with Gasteiger partial charge in [-0.15, -0.1) is 0 Å². The van der Waals surface area contributed by atoms with E-state index >= 15 is 0 Å². The summed E-state index contributed by atoms with van der Waals surface area (Å²) in [7, 11) is 0. The molecular weight excluding hydrogens is 230 g/mol. The zero-order valence-electron chi connectivity index (χ0n) is 12.7. The summed E-state index contributed by atoms with van der Waals surface area (Å²) in [5.41, 5.74) is 3.78. The molecule has 0 bridgehead atoms. The summed E-state index contributed by atoms with van der Waals surface area (Å²) in [5, 5.41) is 0. The van der Waals surface area contributed by atoms with Crippen LogP contribution in [0.5, 0.6) is 0 Å². The Balaban J connectivity index is 1.92. The van der Waals surface area contributed by atoms with Crippen molar-refractivity contribution in [3.05, 3.63) is 29.8 Å². The van der Waals surface area contributed by atoms with E-state index in [0.29, 0.717) is 11.0 Å². The second kappa shape index (κ2) is 4.54. The Bertz CT molecular complexity index is 455. The van der Waals surface area contributed by atoms with Crippen LogP contribution in [0.25, 0.3) is 0 Å². The SMILES string of the molecule is Cc1ccccc1N1CC2(CCCCC2)CC1(C)C. The zero-order valence-corrected chi connectivity index (χ0v) is 12.7. The van der Waals surface area contributed by atoms with Crippen LogP contribution in [-0.2, 0) is 0 Å². The normalized spacial score (nSPS) is 24.9. The highest BCUT2D eigenvalue weighted by atomic mass is 15.2. The minimum Gasteiger partial charge on any atom is -0.366 e. The lowest BCUT2D eigenvalue weighted by atomic mass is 9.71. The van der Waals surface area contributed by atoms with Gasteiger partial charge in [-0.3, -0.25) is 0 Å². The van der Waals surface area contributed by atoms with E-state index in [0.717, 1.165) is 0 Å². The summed E-state index contributed by atoms with van der Waals surface area (Å²) in [6.07, 6.45) is 8.59. The number of benzene rings is 1. The van der Waals surface area contributed by atoms with E-state index in [2.05, 4.69) is 49.9 Å². The van der Waals surface area contributed by atoms with Crippen molar-refractivity contribution in [3.8, 4) is 0 Å². The predicted octanol–water partition coefficient (Wildman–Crippen LogP) is 4.93. The lowest BCUT2D eigenvalue weighted by molar-refractivity contribution is 0.204. The van der Waals surface area contributed by atoms with Crippen LogP contribution in [0, 0.1) is 12.3 Å². The summed E-state index contributed by atoms with van der Waals surface area (Å²) in [6.45, 7) is 8.38. The third kappa shape index (κ3) is 2.28. The van der Waals surface area contributed by atoms with Crippen molar-refractivity contribution >= 4 is 5.69 Å². The Morgan fingerprint density at radius 3 is 2.37 bits per heavy atom. The van der Waals surface area contributed by atoms with Crippen molar-refractivity contribution in [1.29, 1.82) is 0 Å². The van der Waals surface area contributed by atoms with Crippen LogP contribution in [0.15, 0.2) is 24.3 Å². The first-order valence-corrected chi connectivity index (χ1v) is 7.86. The molecule has 19 heavy (non-hydrogen) atoms. The van der Waals surface area contributed by atoms with Crippen molar-refractivity contribution in [1.82, 2.24) is 0 Å². The van der Waals surface area contributed by atoms with Crippen LogP contribution >= 0.6 is 0 Å². The number of hydrogen-bond donors (Lipinski definition) is 0. The minimum atomic E-state index is 0.309. The molecule has 1 saturated heterocycles. The van der Waals surface area contributed by atoms with E-state index in [1.165, 1.54) is 56.3 Å². The van der Waals surface area contributed by atoms with Gasteiger partial charge in [-0.05, 0) is 57.1 Å². The summed E-state index contributed by atoms with van der Waals surface area (Å²) < 4.78 is 0. The molecule has 0 radical (unpaired) electrons. The molecule has 1 heteroatoms. The van der Waals surface area contributed by atoms with E-state index in [4.69, 9.17) is 0 Å². The van der Waals surface area contributed by atoms with Crippen LogP contribution in [0.1, 0.15) is 57.9 Å². The average molecular weight is 257 g/mol. The van der Waals surface area contributed by atoms with Gasteiger partial charge in [-0.1, -0.05) is 37.5 Å². The fourth-order valence-corrected chi connectivity index (χ4v) is 4.53. The molecule has 2 fully saturated rings. The average Bonchev–Trinajstić information content (AvgIpc) is 2.62. The number of aryl methyl sites for hydroxylation is 1. The Kier molecular flexibility index (Phi) is 3.11. The molecule has 1 aliphatic carbocycles. The lowest BCUT2D eigenvalue weighted by Crippen LogP contribution is -2.38. The van der Waals surface area contributed by atoms with Gasteiger partial charge in [0.05, 0.1) is 0 Å². The van der Waals surface area contributed by atoms with Crippen molar-refractivity contribution in [2.75, 3.05) is 11.4 Å². The molecule has 0 amide bonds. The Morgan fingerprint density at radius 1 is 1.00 bits per heavy atom. The fourth-order valence-electron chi connectivity index (χ4n) is 4.53. The van der Waals surface area contributed by atoms with Crippen molar-refractivity contribution in [2.45, 2.75) is 64.8 Å². The molecular formula is C18H27N. The maximum absolute atomic E-state index is 2.69. The van der Waals surface area contributed by atoms with E-state index in [-0.39, 0.29) is 0 Å². The third-order valence-electron chi connectivity index (χ3n) is 5.35. The first kappa shape index (κ1) is 13.0. The highest BCUT2D eigenvalue weighted by molar-refractivity contribution is 5.56. The molecule has 0 atom stereocenters. The predicted molar refractivity (Wildman–Crippen MR) is 82.7 cm³/mol. The van der Waals surface area contributed by atoms with Crippen LogP contribution < -0.4 is 4.90 Å². The third-order valence-corrected chi connectivity index (χ3v) is 5.35. The van der Waals surface area contributed by atoms with Gasteiger partial charge in [-0.2, -0.15) is 0 Å². The standard InChI is InChI=1S/C18H27N/c1-15-9-5-6-10-16(15)19-14-18(13-17(19,2)3)11-7-4-8-12-18/h5-6,9-10H,4,7-8,11-14H2,1-3H3. The smallest absolute Gasteiger partial charge is 0.0400 e. The second-order valence-electron chi connectivity index (χ2n) is 7.42. The summed E-state index contributed by atoms with van der Waals surface area (Å²) in [4.78, 5) is 2.69. The molecule has 104 valence electrons. The van der Waals surface area contributed by atoms with Gasteiger partial charge in [0.15, 0.2) is 0 Å². The van der Waals surface area contributed by atoms with E-state index in [1.54, 1.807) is 0 Å². The molecule has 0 aromatic heterocycles. The highest BCUT2D eigenvalue weighted by Crippen LogP contribution is 2.51. The van der Waals surface area contributed by atoms with Crippen LogP contribution in [0.2, 0.25) is 0 Å². The summed E-state index contributed by atoms with van der Waals surface area (Å²) in [5.74, 6) is 0. The maximum Gasteiger partial charge on any atom is 0.0400 e. The summed E-state index contributed by atoms with van der Waals surface area (Å²) in [6, 6.07) is 8.89. The molecule has 1 nitrogen and oxygen atoms in total. The fraction of sp³-hybridized carbons (Fsp3) is 0.667. The minimum absolute atomic E-state index is 0.309. The van der Waals surface area contributed by atoms with Crippen molar-refractivity contribution in [2.24, 2.45) is 5.41 Å². The van der Waals surface area contributed by atoms with Gasteiger partial charge in [0.2, 0.25) is 0 Å². The Labute approximate surface area is 118 Å². The molecule has 1 aromatic carbocycles. The van der Waals surface area contributed by atoms with Crippen molar-refractivity contribution < 1.29 is 0 Å². The Morgan fingerprint density at radius 2 is 1.68 bits per heavy atom. The van der Waals surface area contributed by atoms with Gasteiger partial charge >= 0.3 is 0 Å². The largest absolute Gasteiger partial charge is 0.366 e. The molecule has 2 aliphatic rings. The van der Waals surface area contributed by atoms with E-state index in [1.807, 2.05) is 0 Å². The number of rotatable bonds is 1. The molecule has 1 aromatic rings. The lowest BCUT2D eigenvalue weighted by Gasteiger charge is -2.35. The molecule has 1 aliphatic heterocycles. The number of nitrogens with zero attached hydrogens (tertiary/aromatic N) is 1. The zero-order chi connectivity index (χ0) is 13.5. The van der Waals surface area contributed by atoms with Crippen LogP contribution in [-0.4, -0.2) is 12.1 Å². The number of hydrogen-bond acceptors (Lipinski definition) is 1. The van der Waals surface area contributed by atoms with E-state index in [9.17, 15) is 0 Å². The second-order valence-corrected chi connectivity index (χ2v) is 7.42. The maximum atomic E-state index is 2.69. The molecule has 1 spiro atoms. The molecule has 1 heterocycles. The first-order chi connectivity index (χ1) is 9.03.